The Morgan fingerprint density at radius 3 is 2.79 bits per heavy atom. The van der Waals surface area contributed by atoms with E-state index in [0.29, 0.717) is 30.4 Å². The van der Waals surface area contributed by atoms with Crippen LogP contribution in [0.3, 0.4) is 0 Å². The SMILES string of the molecule is Cc1cc(CC(=O)N2CCC[C@H]2C(=O)NCc2noc(-c3ccccc3)n2)on1. The van der Waals surface area contributed by atoms with Gasteiger partial charge in [0.2, 0.25) is 11.8 Å². The van der Waals surface area contributed by atoms with E-state index in [2.05, 4.69) is 20.6 Å². The van der Waals surface area contributed by atoms with Gasteiger partial charge in [0, 0.05) is 18.2 Å². The average molecular weight is 395 g/mol. The lowest BCUT2D eigenvalue weighted by molar-refractivity contribution is -0.138. The fourth-order valence-corrected chi connectivity index (χ4v) is 3.40. The van der Waals surface area contributed by atoms with Gasteiger partial charge in [-0.1, -0.05) is 28.5 Å². The molecule has 0 saturated carbocycles. The summed E-state index contributed by atoms with van der Waals surface area (Å²) in [6.07, 6.45) is 1.49. The van der Waals surface area contributed by atoms with Crippen LogP contribution in [0.15, 0.2) is 45.4 Å². The molecule has 1 atom stereocenters. The highest BCUT2D eigenvalue weighted by atomic mass is 16.5. The molecule has 0 radical (unpaired) electrons. The van der Waals surface area contributed by atoms with Crippen LogP contribution in [-0.2, 0) is 22.6 Å². The fraction of sp³-hybridized carbons (Fsp3) is 0.350. The van der Waals surface area contributed by atoms with E-state index in [1.54, 1.807) is 17.9 Å². The standard InChI is InChI=1S/C20H21N5O4/c1-13-10-15(28-23-13)11-18(26)25-9-5-8-16(25)19(27)21-12-17-22-20(29-24-17)14-6-3-2-4-7-14/h2-4,6-7,10,16H,5,8-9,11-12H2,1H3,(H,21,27)/t16-/m0/s1. The molecule has 2 aromatic heterocycles. The number of carbonyl (C=O) groups is 2. The molecule has 0 unspecified atom stereocenters. The second-order valence-electron chi connectivity index (χ2n) is 6.96. The molecule has 0 spiro atoms. The number of aromatic nitrogens is 3. The summed E-state index contributed by atoms with van der Waals surface area (Å²) in [7, 11) is 0. The Morgan fingerprint density at radius 1 is 1.21 bits per heavy atom. The lowest BCUT2D eigenvalue weighted by atomic mass is 10.2. The van der Waals surface area contributed by atoms with Crippen molar-refractivity contribution >= 4 is 11.8 Å². The van der Waals surface area contributed by atoms with Crippen molar-refractivity contribution in [3.05, 3.63) is 53.7 Å². The van der Waals surface area contributed by atoms with Gasteiger partial charge in [-0.25, -0.2) is 0 Å². The van der Waals surface area contributed by atoms with Crippen molar-refractivity contribution in [3.63, 3.8) is 0 Å². The topological polar surface area (TPSA) is 114 Å². The molecule has 4 rings (SSSR count). The molecule has 1 N–H and O–H groups in total. The maximum Gasteiger partial charge on any atom is 0.257 e. The van der Waals surface area contributed by atoms with Gasteiger partial charge in [-0.3, -0.25) is 9.59 Å². The molecule has 3 aromatic rings. The number of aryl methyl sites for hydroxylation is 1. The minimum absolute atomic E-state index is 0.0932. The number of nitrogens with one attached hydrogen (secondary N) is 1. The van der Waals surface area contributed by atoms with E-state index in [0.717, 1.165) is 17.7 Å². The highest BCUT2D eigenvalue weighted by molar-refractivity contribution is 5.88. The zero-order valence-electron chi connectivity index (χ0n) is 16.0. The lowest BCUT2D eigenvalue weighted by Gasteiger charge is -2.23. The molecular formula is C20H21N5O4. The van der Waals surface area contributed by atoms with Gasteiger partial charge in [-0.05, 0) is 31.9 Å². The van der Waals surface area contributed by atoms with Crippen LogP contribution in [0.5, 0.6) is 0 Å². The van der Waals surface area contributed by atoms with Crippen molar-refractivity contribution in [1.82, 2.24) is 25.5 Å². The summed E-state index contributed by atoms with van der Waals surface area (Å²) < 4.78 is 10.4. The van der Waals surface area contributed by atoms with Crippen molar-refractivity contribution in [2.24, 2.45) is 0 Å². The Labute approximate surface area is 167 Å². The minimum atomic E-state index is -0.507. The summed E-state index contributed by atoms with van der Waals surface area (Å²) in [6.45, 7) is 2.48. The van der Waals surface area contributed by atoms with Crippen LogP contribution in [0.1, 0.15) is 30.1 Å². The summed E-state index contributed by atoms with van der Waals surface area (Å²) in [4.78, 5) is 31.1. The Hall–Kier alpha value is -3.49. The molecule has 1 aliphatic rings. The Bertz CT molecular complexity index is 997. The number of benzene rings is 1. The molecule has 9 heteroatoms. The number of nitrogens with zero attached hydrogens (tertiary/aromatic N) is 4. The molecular weight excluding hydrogens is 374 g/mol. The average Bonchev–Trinajstić information content (AvgIpc) is 3.48. The first-order chi connectivity index (χ1) is 14.1. The van der Waals surface area contributed by atoms with Crippen molar-refractivity contribution < 1.29 is 18.6 Å². The molecule has 150 valence electrons. The summed E-state index contributed by atoms with van der Waals surface area (Å²) in [6, 6.07) is 10.6. The van der Waals surface area contributed by atoms with E-state index in [9.17, 15) is 9.59 Å². The van der Waals surface area contributed by atoms with Gasteiger partial charge in [-0.2, -0.15) is 4.98 Å². The lowest BCUT2D eigenvalue weighted by Crippen LogP contribution is -2.46. The Morgan fingerprint density at radius 2 is 2.03 bits per heavy atom. The number of carbonyl (C=O) groups excluding carboxylic acids is 2. The van der Waals surface area contributed by atoms with Crippen molar-refractivity contribution in [1.29, 1.82) is 0 Å². The number of hydrogen-bond acceptors (Lipinski definition) is 7. The van der Waals surface area contributed by atoms with E-state index < -0.39 is 6.04 Å². The highest BCUT2D eigenvalue weighted by Crippen LogP contribution is 2.20. The largest absolute Gasteiger partial charge is 0.361 e. The van der Waals surface area contributed by atoms with Crippen LogP contribution in [0.25, 0.3) is 11.5 Å². The van der Waals surface area contributed by atoms with Crippen molar-refractivity contribution in [3.8, 4) is 11.5 Å². The zero-order chi connectivity index (χ0) is 20.2. The van der Waals surface area contributed by atoms with Gasteiger partial charge in [0.25, 0.3) is 5.89 Å². The normalized spacial score (nSPS) is 16.2. The summed E-state index contributed by atoms with van der Waals surface area (Å²) >= 11 is 0. The first-order valence-corrected chi connectivity index (χ1v) is 9.47. The zero-order valence-corrected chi connectivity index (χ0v) is 16.0. The molecule has 1 saturated heterocycles. The molecule has 0 aliphatic carbocycles. The van der Waals surface area contributed by atoms with E-state index in [4.69, 9.17) is 9.05 Å². The third-order valence-corrected chi connectivity index (χ3v) is 4.79. The van der Waals surface area contributed by atoms with E-state index in [-0.39, 0.29) is 24.8 Å². The third kappa shape index (κ3) is 4.34. The quantitative estimate of drug-likeness (QED) is 0.678. The minimum Gasteiger partial charge on any atom is -0.361 e. The van der Waals surface area contributed by atoms with Crippen molar-refractivity contribution in [2.45, 2.75) is 38.8 Å². The second-order valence-corrected chi connectivity index (χ2v) is 6.96. The maximum atomic E-state index is 12.6. The maximum absolute atomic E-state index is 12.6. The van der Waals surface area contributed by atoms with Gasteiger partial charge in [0.05, 0.1) is 18.7 Å². The number of hydrogen-bond donors (Lipinski definition) is 1. The van der Waals surface area contributed by atoms with Gasteiger partial charge in [0.15, 0.2) is 5.82 Å². The van der Waals surface area contributed by atoms with Gasteiger partial charge < -0.3 is 19.3 Å². The van der Waals surface area contributed by atoms with Crippen molar-refractivity contribution in [2.75, 3.05) is 6.54 Å². The number of likely N-dealkylation sites (tertiary alicyclic amines) is 1. The van der Waals surface area contributed by atoms with Crippen LogP contribution < -0.4 is 5.32 Å². The molecule has 9 nitrogen and oxygen atoms in total. The number of amides is 2. The molecule has 2 amide bonds. The summed E-state index contributed by atoms with van der Waals surface area (Å²) in [5.74, 6) is 0.902. The van der Waals surface area contributed by atoms with Crippen LogP contribution in [0.2, 0.25) is 0 Å². The first-order valence-electron chi connectivity index (χ1n) is 9.47. The van der Waals surface area contributed by atoms with E-state index in [1.807, 2.05) is 30.3 Å². The van der Waals surface area contributed by atoms with Crippen LogP contribution >= 0.6 is 0 Å². The second kappa shape index (κ2) is 8.26. The first kappa shape index (κ1) is 18.9. The molecule has 1 fully saturated rings. The Balaban J connectivity index is 1.34. The monoisotopic (exact) mass is 395 g/mol. The van der Waals surface area contributed by atoms with Gasteiger partial charge in [-0.15, -0.1) is 0 Å². The molecule has 29 heavy (non-hydrogen) atoms. The fourth-order valence-electron chi connectivity index (χ4n) is 3.40. The van der Waals surface area contributed by atoms with E-state index in [1.165, 1.54) is 0 Å². The molecule has 3 heterocycles. The van der Waals surface area contributed by atoms with Gasteiger partial charge >= 0.3 is 0 Å². The Kier molecular flexibility index (Phi) is 5.37. The highest BCUT2D eigenvalue weighted by Gasteiger charge is 2.34. The van der Waals surface area contributed by atoms with Crippen LogP contribution in [-0.4, -0.2) is 44.6 Å². The molecule has 1 aliphatic heterocycles. The van der Waals surface area contributed by atoms with Crippen LogP contribution in [0.4, 0.5) is 0 Å². The van der Waals surface area contributed by atoms with E-state index >= 15 is 0 Å². The third-order valence-electron chi connectivity index (χ3n) is 4.79. The van der Waals surface area contributed by atoms with Crippen LogP contribution in [0, 0.1) is 6.92 Å². The predicted octanol–water partition coefficient (Wildman–Crippen LogP) is 1.88. The number of rotatable bonds is 6. The smallest absolute Gasteiger partial charge is 0.257 e. The summed E-state index contributed by atoms with van der Waals surface area (Å²) in [5.41, 5.74) is 1.53. The summed E-state index contributed by atoms with van der Waals surface area (Å²) in [5, 5.41) is 10.5. The van der Waals surface area contributed by atoms with Gasteiger partial charge in [0.1, 0.15) is 11.8 Å². The predicted molar refractivity (Wildman–Crippen MR) is 101 cm³/mol. The molecule has 1 aromatic carbocycles. The molecule has 0 bridgehead atoms.